The van der Waals surface area contributed by atoms with Crippen molar-refractivity contribution in [1.29, 1.82) is 0 Å². The first-order valence-electron chi connectivity index (χ1n) is 7.73. The van der Waals surface area contributed by atoms with Crippen molar-refractivity contribution >= 4 is 12.6 Å². The fraction of sp³-hybridized carbons (Fsp3) is 0.625. The Morgan fingerprint density at radius 2 is 1.74 bits per heavy atom. The normalized spacial score (nSPS) is 20.5. The van der Waals surface area contributed by atoms with Gasteiger partial charge in [0, 0.05) is 0 Å². The molecule has 2 N–H and O–H groups in total. The minimum absolute atomic E-state index is 0.542. The molecule has 2 saturated carbocycles. The first kappa shape index (κ1) is 13.2. The highest BCUT2D eigenvalue weighted by Crippen LogP contribution is 2.38. The molecule has 2 fully saturated rings. The minimum atomic E-state index is -1.32. The van der Waals surface area contributed by atoms with Gasteiger partial charge in [-0.05, 0) is 60.5 Å². The molecule has 0 aromatic heterocycles. The Bertz CT molecular complexity index is 434. The Balaban J connectivity index is 1.94. The van der Waals surface area contributed by atoms with Gasteiger partial charge in [0.1, 0.15) is 0 Å². The summed E-state index contributed by atoms with van der Waals surface area (Å²) in [5, 5.41) is 19.3. The van der Waals surface area contributed by atoms with Crippen LogP contribution in [0.5, 0.6) is 0 Å². The van der Waals surface area contributed by atoms with Crippen LogP contribution in [0.2, 0.25) is 0 Å². The monoisotopic (exact) mass is 258 g/mol. The van der Waals surface area contributed by atoms with Crippen molar-refractivity contribution in [2.75, 3.05) is 0 Å². The summed E-state index contributed by atoms with van der Waals surface area (Å²) in [6, 6.07) is 6.08. The van der Waals surface area contributed by atoms with E-state index in [2.05, 4.69) is 6.07 Å². The fourth-order valence-electron chi connectivity index (χ4n) is 3.56. The summed E-state index contributed by atoms with van der Waals surface area (Å²) >= 11 is 0. The Kier molecular flexibility index (Phi) is 3.95. The third kappa shape index (κ3) is 3.03. The lowest BCUT2D eigenvalue weighted by molar-refractivity contribution is 0.419. The molecule has 1 aromatic rings. The van der Waals surface area contributed by atoms with E-state index in [1.54, 1.807) is 0 Å². The second kappa shape index (κ2) is 5.68. The van der Waals surface area contributed by atoms with Crippen LogP contribution < -0.4 is 5.46 Å². The predicted molar refractivity (Wildman–Crippen MR) is 78.5 cm³/mol. The molecule has 0 saturated heterocycles. The van der Waals surface area contributed by atoms with E-state index in [-0.39, 0.29) is 0 Å². The summed E-state index contributed by atoms with van der Waals surface area (Å²) in [5.74, 6) is 1.38. The van der Waals surface area contributed by atoms with Crippen molar-refractivity contribution in [2.24, 2.45) is 5.92 Å². The molecular weight excluding hydrogens is 235 g/mol. The topological polar surface area (TPSA) is 40.5 Å². The van der Waals surface area contributed by atoms with E-state index in [1.165, 1.54) is 56.1 Å². The van der Waals surface area contributed by atoms with Crippen LogP contribution in [-0.4, -0.2) is 17.2 Å². The van der Waals surface area contributed by atoms with E-state index in [9.17, 15) is 10.0 Å². The van der Waals surface area contributed by atoms with Crippen LogP contribution in [0, 0.1) is 5.92 Å². The van der Waals surface area contributed by atoms with Gasteiger partial charge in [0.15, 0.2) is 0 Å². The first-order valence-corrected chi connectivity index (χ1v) is 7.73. The second-order valence-electron chi connectivity index (χ2n) is 6.28. The zero-order valence-electron chi connectivity index (χ0n) is 11.5. The maximum absolute atomic E-state index is 9.66. The molecule has 0 atom stereocenters. The first-order chi connectivity index (χ1) is 9.25. The van der Waals surface area contributed by atoms with E-state index in [4.69, 9.17) is 0 Å². The molecule has 1 aromatic carbocycles. The quantitative estimate of drug-likeness (QED) is 0.814. The average Bonchev–Trinajstić information content (AvgIpc) is 3.23. The molecule has 0 unspecified atom stereocenters. The predicted octanol–water partition coefficient (Wildman–Crippen LogP) is 2.37. The highest BCUT2D eigenvalue weighted by Gasteiger charge is 2.29. The number of benzene rings is 1. The van der Waals surface area contributed by atoms with Gasteiger partial charge in [0.2, 0.25) is 0 Å². The largest absolute Gasteiger partial charge is 0.488 e. The van der Waals surface area contributed by atoms with Gasteiger partial charge >= 0.3 is 7.12 Å². The highest BCUT2D eigenvalue weighted by atomic mass is 16.4. The summed E-state index contributed by atoms with van der Waals surface area (Å²) in [7, 11) is -1.32. The van der Waals surface area contributed by atoms with Gasteiger partial charge in [-0.25, -0.2) is 0 Å². The summed E-state index contributed by atoms with van der Waals surface area (Å²) in [4.78, 5) is 0. The lowest BCUT2D eigenvalue weighted by Crippen LogP contribution is -2.35. The number of hydrogen-bond acceptors (Lipinski definition) is 2. The van der Waals surface area contributed by atoms with Crippen LogP contribution in [0.4, 0.5) is 0 Å². The van der Waals surface area contributed by atoms with Gasteiger partial charge in [0.25, 0.3) is 0 Å². The van der Waals surface area contributed by atoms with Crippen molar-refractivity contribution < 1.29 is 10.0 Å². The second-order valence-corrected chi connectivity index (χ2v) is 6.28. The van der Waals surface area contributed by atoms with Gasteiger partial charge in [-0.3, -0.25) is 0 Å². The molecule has 0 radical (unpaired) electrons. The van der Waals surface area contributed by atoms with Crippen molar-refractivity contribution in [3.05, 3.63) is 29.3 Å². The highest BCUT2D eigenvalue weighted by molar-refractivity contribution is 6.59. The van der Waals surface area contributed by atoms with Crippen LogP contribution in [0.1, 0.15) is 62.0 Å². The van der Waals surface area contributed by atoms with Crippen molar-refractivity contribution in [3.8, 4) is 0 Å². The molecule has 3 heteroatoms. The molecule has 0 heterocycles. The lowest BCUT2D eigenvalue weighted by Gasteiger charge is -2.27. The Morgan fingerprint density at radius 3 is 2.37 bits per heavy atom. The van der Waals surface area contributed by atoms with Crippen LogP contribution >= 0.6 is 0 Å². The van der Waals surface area contributed by atoms with E-state index < -0.39 is 7.12 Å². The summed E-state index contributed by atoms with van der Waals surface area (Å²) < 4.78 is 0. The molecule has 2 aliphatic rings. The van der Waals surface area contributed by atoms with E-state index >= 15 is 0 Å². The standard InChI is InChI=1S/C16H23BO2/c18-17(19)15-8-4-7-14(11-12-9-10-12)16(15)13-5-2-1-3-6-13/h4,7-8,12-13,18-19H,1-3,5-6,9-11H2. The molecular formula is C16H23BO2. The molecule has 3 rings (SSSR count). The summed E-state index contributed by atoms with van der Waals surface area (Å²) in [6.45, 7) is 0. The molecule has 0 amide bonds. The smallest absolute Gasteiger partial charge is 0.423 e. The van der Waals surface area contributed by atoms with Gasteiger partial charge in [-0.2, -0.15) is 0 Å². The Morgan fingerprint density at radius 1 is 1.00 bits per heavy atom. The molecule has 0 spiro atoms. The van der Waals surface area contributed by atoms with Gasteiger partial charge in [-0.1, -0.05) is 37.5 Å². The molecule has 19 heavy (non-hydrogen) atoms. The van der Waals surface area contributed by atoms with E-state index in [1.807, 2.05) is 12.1 Å². The third-order valence-corrected chi connectivity index (χ3v) is 4.73. The molecule has 0 aliphatic heterocycles. The number of rotatable bonds is 4. The minimum Gasteiger partial charge on any atom is -0.423 e. The van der Waals surface area contributed by atoms with Crippen molar-refractivity contribution in [1.82, 2.24) is 0 Å². The zero-order chi connectivity index (χ0) is 13.2. The third-order valence-electron chi connectivity index (χ3n) is 4.73. The van der Waals surface area contributed by atoms with E-state index in [0.717, 1.165) is 17.8 Å². The summed E-state index contributed by atoms with van der Waals surface area (Å²) in [5.41, 5.74) is 3.40. The van der Waals surface area contributed by atoms with Crippen LogP contribution in [0.3, 0.4) is 0 Å². The molecule has 102 valence electrons. The Labute approximate surface area is 116 Å². The van der Waals surface area contributed by atoms with Crippen LogP contribution in [-0.2, 0) is 6.42 Å². The molecule has 2 aliphatic carbocycles. The van der Waals surface area contributed by atoms with Gasteiger partial charge in [-0.15, -0.1) is 0 Å². The Hall–Kier alpha value is -0.795. The summed E-state index contributed by atoms with van der Waals surface area (Å²) in [6.07, 6.45) is 10.1. The average molecular weight is 258 g/mol. The van der Waals surface area contributed by atoms with Crippen LogP contribution in [0.15, 0.2) is 18.2 Å². The van der Waals surface area contributed by atoms with Crippen molar-refractivity contribution in [3.63, 3.8) is 0 Å². The van der Waals surface area contributed by atoms with E-state index in [0.29, 0.717) is 5.92 Å². The van der Waals surface area contributed by atoms with Gasteiger partial charge in [0.05, 0.1) is 0 Å². The maximum atomic E-state index is 9.66. The maximum Gasteiger partial charge on any atom is 0.488 e. The molecule has 0 bridgehead atoms. The lowest BCUT2D eigenvalue weighted by atomic mass is 9.69. The zero-order valence-corrected chi connectivity index (χ0v) is 11.5. The number of hydrogen-bond donors (Lipinski definition) is 2. The fourth-order valence-corrected chi connectivity index (χ4v) is 3.56. The molecule has 2 nitrogen and oxygen atoms in total. The SMILES string of the molecule is OB(O)c1cccc(CC2CC2)c1C1CCCCC1. The van der Waals surface area contributed by atoms with Crippen LogP contribution in [0.25, 0.3) is 0 Å². The van der Waals surface area contributed by atoms with Crippen molar-refractivity contribution in [2.45, 2.75) is 57.3 Å². The van der Waals surface area contributed by atoms with Gasteiger partial charge < -0.3 is 10.0 Å².